The van der Waals surface area contributed by atoms with Gasteiger partial charge >= 0.3 is 29.6 Å². The molecule has 0 radical (unpaired) electrons. The molecule has 96 valence electrons. The van der Waals surface area contributed by atoms with Gasteiger partial charge in [0, 0.05) is 11.3 Å². The zero-order valence-corrected chi connectivity index (χ0v) is 13.3. The number of amides is 1. The molecular weight excluding hydrogens is 281 g/mol. The Morgan fingerprint density at radius 3 is 2.26 bits per heavy atom. The molecule has 1 amide bonds. The van der Waals surface area contributed by atoms with E-state index in [2.05, 4.69) is 21.5 Å². The van der Waals surface area contributed by atoms with Crippen molar-refractivity contribution in [3.8, 4) is 0 Å². The molecule has 0 unspecified atom stereocenters. The molecule has 0 aliphatic carbocycles. The van der Waals surface area contributed by atoms with Gasteiger partial charge in [-0.05, 0) is 31.2 Å². The summed E-state index contributed by atoms with van der Waals surface area (Å²) >= 11 is 0. The van der Waals surface area contributed by atoms with Crippen LogP contribution in [-0.2, 0) is 15.1 Å². The van der Waals surface area contributed by atoms with Crippen LogP contribution in [0.3, 0.4) is 0 Å². The SMILES string of the molecule is C=C(C)C(=O)Nc1ccc(N=NS(=O)(=O)[O-])cc1.[Na+]. The Balaban J connectivity index is 0.00000324. The van der Waals surface area contributed by atoms with Gasteiger partial charge in [0.1, 0.15) is 0 Å². The molecule has 1 N–H and O–H groups in total. The minimum absolute atomic E-state index is 0. The van der Waals surface area contributed by atoms with Crippen LogP contribution < -0.4 is 34.9 Å². The molecule has 0 atom stereocenters. The number of carbonyl (C=O) groups is 1. The van der Waals surface area contributed by atoms with E-state index >= 15 is 0 Å². The Morgan fingerprint density at radius 2 is 1.84 bits per heavy atom. The molecule has 1 aromatic rings. The predicted octanol–water partition coefficient (Wildman–Crippen LogP) is -1.25. The Kier molecular flexibility index (Phi) is 7.09. The molecule has 0 aliphatic rings. The molecular formula is C10H10N3NaO4S. The summed E-state index contributed by atoms with van der Waals surface area (Å²) in [5, 5.41) is 5.78. The fourth-order valence-corrected chi connectivity index (χ4v) is 1.14. The topological polar surface area (TPSA) is 111 Å². The van der Waals surface area contributed by atoms with E-state index in [0.717, 1.165) is 0 Å². The van der Waals surface area contributed by atoms with Crippen LogP contribution in [0.1, 0.15) is 6.92 Å². The molecule has 0 aromatic heterocycles. The second-order valence-electron chi connectivity index (χ2n) is 3.39. The van der Waals surface area contributed by atoms with Crippen molar-refractivity contribution < 1.29 is 47.3 Å². The minimum atomic E-state index is -4.74. The van der Waals surface area contributed by atoms with E-state index in [1.807, 2.05) is 0 Å². The van der Waals surface area contributed by atoms with E-state index < -0.39 is 10.3 Å². The maximum absolute atomic E-state index is 11.3. The number of rotatable bonds is 4. The van der Waals surface area contributed by atoms with Gasteiger partial charge in [0.25, 0.3) is 5.91 Å². The number of hydrogen-bond donors (Lipinski definition) is 1. The molecule has 1 aromatic carbocycles. The van der Waals surface area contributed by atoms with Gasteiger partial charge in [-0.15, -0.1) is 5.11 Å². The van der Waals surface area contributed by atoms with Crippen LogP contribution in [0.25, 0.3) is 0 Å². The molecule has 0 saturated carbocycles. The molecule has 0 saturated heterocycles. The van der Waals surface area contributed by atoms with Gasteiger partial charge < -0.3 is 9.87 Å². The van der Waals surface area contributed by atoms with Crippen molar-refractivity contribution in [3.63, 3.8) is 0 Å². The third-order valence-corrected chi connectivity index (χ3v) is 2.05. The van der Waals surface area contributed by atoms with Crippen LogP contribution in [0, 0.1) is 0 Å². The summed E-state index contributed by atoms with van der Waals surface area (Å²) in [5.41, 5.74) is 1.03. The van der Waals surface area contributed by atoms with Crippen molar-refractivity contribution in [3.05, 3.63) is 36.4 Å². The van der Waals surface area contributed by atoms with Crippen molar-refractivity contribution in [1.29, 1.82) is 0 Å². The van der Waals surface area contributed by atoms with Crippen LogP contribution in [0.4, 0.5) is 11.4 Å². The van der Waals surface area contributed by atoms with Gasteiger partial charge in [-0.1, -0.05) is 11.1 Å². The van der Waals surface area contributed by atoms with E-state index in [4.69, 9.17) is 0 Å². The Morgan fingerprint density at radius 1 is 1.32 bits per heavy atom. The quantitative estimate of drug-likeness (QED) is 0.323. The van der Waals surface area contributed by atoms with E-state index in [1.54, 1.807) is 6.92 Å². The molecule has 19 heavy (non-hydrogen) atoms. The maximum Gasteiger partial charge on any atom is 1.00 e. The summed E-state index contributed by atoms with van der Waals surface area (Å²) in [7, 11) is -4.74. The largest absolute Gasteiger partial charge is 1.00 e. The van der Waals surface area contributed by atoms with E-state index in [0.29, 0.717) is 11.3 Å². The van der Waals surface area contributed by atoms with Gasteiger partial charge in [0.2, 0.25) is 10.3 Å². The molecule has 9 heteroatoms. The Hall–Kier alpha value is -1.06. The molecule has 7 nitrogen and oxygen atoms in total. The van der Waals surface area contributed by atoms with E-state index in [9.17, 15) is 17.8 Å². The first-order valence-corrected chi connectivity index (χ1v) is 6.10. The van der Waals surface area contributed by atoms with Gasteiger partial charge in [0.05, 0.1) is 5.69 Å². The number of nitrogens with one attached hydrogen (secondary N) is 1. The van der Waals surface area contributed by atoms with Crippen molar-refractivity contribution in [2.75, 3.05) is 5.32 Å². The first kappa shape index (κ1) is 17.9. The normalized spacial score (nSPS) is 10.8. The molecule has 1 rings (SSSR count). The van der Waals surface area contributed by atoms with Crippen LogP contribution in [-0.4, -0.2) is 18.9 Å². The van der Waals surface area contributed by atoms with Crippen molar-refractivity contribution in [2.45, 2.75) is 6.92 Å². The maximum atomic E-state index is 11.3. The van der Waals surface area contributed by atoms with Crippen molar-refractivity contribution in [1.82, 2.24) is 0 Å². The summed E-state index contributed by atoms with van der Waals surface area (Å²) in [5.74, 6) is -0.327. The monoisotopic (exact) mass is 291 g/mol. The summed E-state index contributed by atoms with van der Waals surface area (Å²) in [6.07, 6.45) is 0. The number of carbonyl (C=O) groups excluding carboxylic acids is 1. The van der Waals surface area contributed by atoms with Gasteiger partial charge in [-0.3, -0.25) is 4.79 Å². The average molecular weight is 291 g/mol. The number of benzene rings is 1. The van der Waals surface area contributed by atoms with E-state index in [-0.39, 0.29) is 41.2 Å². The first-order valence-electron chi connectivity index (χ1n) is 4.74. The molecule has 0 fully saturated rings. The average Bonchev–Trinajstić information content (AvgIpc) is 2.27. The first-order chi connectivity index (χ1) is 8.28. The smallest absolute Gasteiger partial charge is 0.728 e. The van der Waals surface area contributed by atoms with Crippen LogP contribution in [0.2, 0.25) is 0 Å². The van der Waals surface area contributed by atoms with E-state index in [1.165, 1.54) is 24.3 Å². The van der Waals surface area contributed by atoms with Crippen molar-refractivity contribution in [2.24, 2.45) is 9.63 Å². The predicted molar refractivity (Wildman–Crippen MR) is 64.1 cm³/mol. The molecule has 0 aliphatic heterocycles. The van der Waals surface area contributed by atoms with Crippen LogP contribution in [0.5, 0.6) is 0 Å². The zero-order valence-electron chi connectivity index (χ0n) is 10.5. The van der Waals surface area contributed by atoms with Gasteiger partial charge in [-0.25, -0.2) is 8.42 Å². The number of nitrogens with zero attached hydrogens (tertiary/aromatic N) is 2. The van der Waals surface area contributed by atoms with Crippen molar-refractivity contribution >= 4 is 27.6 Å². The van der Waals surface area contributed by atoms with Crippen LogP contribution >= 0.6 is 0 Å². The third kappa shape index (κ3) is 7.19. The van der Waals surface area contributed by atoms with Gasteiger partial charge in [0.15, 0.2) is 0 Å². The second-order valence-corrected chi connectivity index (χ2v) is 4.41. The standard InChI is InChI=1S/C10H11N3O4S.Na/c1-7(2)10(14)11-8-3-5-9(6-4-8)12-13-18(15,16)17;/h3-6H,1H2,2H3,(H,11,14)(H,15,16,17);/q;+1/p-1. The summed E-state index contributed by atoms with van der Waals surface area (Å²) in [6.45, 7) is 5.04. The zero-order chi connectivity index (χ0) is 13.8. The summed E-state index contributed by atoms with van der Waals surface area (Å²) < 4.78 is 33.2. The Bertz CT molecular complexity index is 596. The summed E-state index contributed by atoms with van der Waals surface area (Å²) in [4.78, 5) is 11.3. The molecule has 0 spiro atoms. The molecule has 0 bridgehead atoms. The fourth-order valence-electron chi connectivity index (χ4n) is 0.946. The third-order valence-electron chi connectivity index (χ3n) is 1.77. The fraction of sp³-hybridized carbons (Fsp3) is 0.100. The second kappa shape index (κ2) is 7.51. The Labute approximate surface area is 133 Å². The van der Waals surface area contributed by atoms with Gasteiger partial charge in [-0.2, -0.15) is 0 Å². The minimum Gasteiger partial charge on any atom is -0.728 e. The summed E-state index contributed by atoms with van der Waals surface area (Å²) in [6, 6.07) is 5.80. The number of anilines is 1. The number of hydrogen-bond acceptors (Lipinski definition) is 5. The molecule has 0 heterocycles. The van der Waals surface area contributed by atoms with Crippen LogP contribution in [0.15, 0.2) is 46.1 Å².